The molecule has 0 saturated carbocycles. The number of nitrogen functional groups attached to an aromatic ring is 1. The average Bonchev–Trinajstić information content (AvgIpc) is 2.29. The van der Waals surface area contributed by atoms with Crippen LogP contribution in [-0.4, -0.2) is 41.6 Å². The van der Waals surface area contributed by atoms with Gasteiger partial charge in [-0.15, -0.1) is 0 Å². The van der Waals surface area contributed by atoms with Gasteiger partial charge in [0.05, 0.1) is 18.5 Å². The molecule has 1 aliphatic rings. The smallest absolute Gasteiger partial charge is 0.282 e. The lowest BCUT2D eigenvalue weighted by Crippen LogP contribution is -2.36. The molecular weight excluding hydrogens is 230 g/mol. The number of nitrogens with zero attached hydrogens (tertiary/aromatic N) is 3. The molecular formula is C10H14F2N4O. The Morgan fingerprint density at radius 3 is 3.00 bits per heavy atom. The van der Waals surface area contributed by atoms with Gasteiger partial charge >= 0.3 is 0 Å². The van der Waals surface area contributed by atoms with Crippen molar-refractivity contribution in [2.75, 3.05) is 32.5 Å². The predicted molar refractivity (Wildman–Crippen MR) is 57.6 cm³/mol. The summed E-state index contributed by atoms with van der Waals surface area (Å²) in [5.41, 5.74) is 4.88. The summed E-state index contributed by atoms with van der Waals surface area (Å²) in [6, 6.07) is 0. The van der Waals surface area contributed by atoms with Crippen LogP contribution in [-0.2, 0) is 4.74 Å². The van der Waals surface area contributed by atoms with Crippen molar-refractivity contribution in [2.24, 2.45) is 0 Å². The Morgan fingerprint density at radius 1 is 1.59 bits per heavy atom. The maximum Gasteiger partial charge on any atom is 0.282 e. The van der Waals surface area contributed by atoms with Gasteiger partial charge in [0.15, 0.2) is 5.82 Å². The fourth-order valence-electron chi connectivity index (χ4n) is 1.68. The first kappa shape index (κ1) is 12.1. The van der Waals surface area contributed by atoms with Gasteiger partial charge in [0.2, 0.25) is 0 Å². The van der Waals surface area contributed by atoms with Gasteiger partial charge in [-0.3, -0.25) is 0 Å². The van der Waals surface area contributed by atoms with Crippen LogP contribution in [0.5, 0.6) is 0 Å². The van der Waals surface area contributed by atoms with E-state index < -0.39 is 12.1 Å². The molecule has 2 heterocycles. The summed E-state index contributed by atoms with van der Waals surface area (Å²) in [5.74, 6) is 0.265. The van der Waals surface area contributed by atoms with Gasteiger partial charge in [0, 0.05) is 13.1 Å². The Morgan fingerprint density at radius 2 is 2.35 bits per heavy atom. The molecule has 7 heteroatoms. The van der Waals surface area contributed by atoms with Crippen molar-refractivity contribution in [3.8, 4) is 0 Å². The summed E-state index contributed by atoms with van der Waals surface area (Å²) in [6.45, 7) is 1.94. The molecule has 0 spiro atoms. The zero-order chi connectivity index (χ0) is 12.4. The number of ether oxygens (including phenoxy) is 1. The summed E-state index contributed by atoms with van der Waals surface area (Å²) in [4.78, 5) is 9.79. The second-order valence-electron chi connectivity index (χ2n) is 3.99. The molecule has 17 heavy (non-hydrogen) atoms. The Hall–Kier alpha value is -1.34. The maximum absolute atomic E-state index is 12.6. The molecule has 1 fully saturated rings. The quantitative estimate of drug-likeness (QED) is 0.840. The highest BCUT2D eigenvalue weighted by Crippen LogP contribution is 2.25. The summed E-state index contributed by atoms with van der Waals surface area (Å²) in [7, 11) is 1.93. The normalized spacial score (nSPS) is 22.0. The lowest BCUT2D eigenvalue weighted by Gasteiger charge is -2.29. The Bertz CT molecular complexity index is 402. The van der Waals surface area contributed by atoms with Crippen molar-refractivity contribution in [2.45, 2.75) is 12.5 Å². The van der Waals surface area contributed by atoms with Gasteiger partial charge in [0.1, 0.15) is 11.8 Å². The van der Waals surface area contributed by atoms with Crippen LogP contribution in [0.3, 0.4) is 0 Å². The second-order valence-corrected chi connectivity index (χ2v) is 3.99. The number of nitrogens with two attached hydrogens (primary N) is 1. The van der Waals surface area contributed by atoms with Crippen LogP contribution in [0.1, 0.15) is 24.0 Å². The summed E-state index contributed by atoms with van der Waals surface area (Å²) in [5, 5.41) is 0. The SMILES string of the molecule is CN1CCOC(c2ncc(N)c(C(F)F)n2)C1. The van der Waals surface area contributed by atoms with Crippen LogP contribution in [0.15, 0.2) is 6.20 Å². The highest BCUT2D eigenvalue weighted by atomic mass is 19.3. The predicted octanol–water partition coefficient (Wildman–Crippen LogP) is 1.000. The lowest BCUT2D eigenvalue weighted by molar-refractivity contribution is -0.0258. The first-order valence-electron chi connectivity index (χ1n) is 5.28. The Labute approximate surface area is 97.6 Å². The molecule has 1 aliphatic heterocycles. The summed E-state index contributed by atoms with van der Waals surface area (Å²) < 4.78 is 30.7. The van der Waals surface area contributed by atoms with Gasteiger partial charge in [-0.25, -0.2) is 18.7 Å². The third-order valence-electron chi connectivity index (χ3n) is 2.63. The molecule has 1 atom stereocenters. The molecule has 1 saturated heterocycles. The maximum atomic E-state index is 12.6. The largest absolute Gasteiger partial charge is 0.396 e. The van der Waals surface area contributed by atoms with Crippen molar-refractivity contribution in [3.05, 3.63) is 17.7 Å². The first-order chi connectivity index (χ1) is 8.08. The molecule has 1 aromatic heterocycles. The Kier molecular flexibility index (Phi) is 3.49. The van der Waals surface area contributed by atoms with Crippen LogP contribution in [0.4, 0.5) is 14.5 Å². The van der Waals surface area contributed by atoms with E-state index in [9.17, 15) is 8.78 Å². The van der Waals surface area contributed by atoms with Gasteiger partial charge in [-0.05, 0) is 7.05 Å². The summed E-state index contributed by atoms with van der Waals surface area (Å²) >= 11 is 0. The second kappa shape index (κ2) is 4.89. The van der Waals surface area contributed by atoms with E-state index in [2.05, 4.69) is 9.97 Å². The van der Waals surface area contributed by atoms with Crippen LogP contribution < -0.4 is 5.73 Å². The molecule has 5 nitrogen and oxygen atoms in total. The Balaban J connectivity index is 2.23. The van der Waals surface area contributed by atoms with Crippen LogP contribution >= 0.6 is 0 Å². The van der Waals surface area contributed by atoms with Gasteiger partial charge in [-0.2, -0.15) is 0 Å². The van der Waals surface area contributed by atoms with E-state index in [-0.39, 0.29) is 17.6 Å². The average molecular weight is 244 g/mol. The minimum atomic E-state index is -2.70. The number of likely N-dealkylation sites (N-methyl/N-ethyl adjacent to an activating group) is 1. The van der Waals surface area contributed by atoms with E-state index in [4.69, 9.17) is 10.5 Å². The fourth-order valence-corrected chi connectivity index (χ4v) is 1.68. The highest BCUT2D eigenvalue weighted by Gasteiger charge is 2.24. The van der Waals surface area contributed by atoms with Crippen molar-refractivity contribution in [3.63, 3.8) is 0 Å². The van der Waals surface area contributed by atoms with E-state index >= 15 is 0 Å². The van der Waals surface area contributed by atoms with E-state index in [0.717, 1.165) is 6.54 Å². The zero-order valence-corrected chi connectivity index (χ0v) is 9.44. The number of alkyl halides is 2. The molecule has 1 unspecified atom stereocenters. The lowest BCUT2D eigenvalue weighted by atomic mass is 10.2. The van der Waals surface area contributed by atoms with E-state index in [1.54, 1.807) is 0 Å². The van der Waals surface area contributed by atoms with Crippen LogP contribution in [0.2, 0.25) is 0 Å². The minimum absolute atomic E-state index is 0.0899. The molecule has 0 amide bonds. The number of halogens is 2. The molecule has 0 bridgehead atoms. The molecule has 0 aromatic carbocycles. The number of hydrogen-bond donors (Lipinski definition) is 1. The third kappa shape index (κ3) is 2.67. The van der Waals surface area contributed by atoms with Gasteiger partial charge in [0.25, 0.3) is 6.43 Å². The topological polar surface area (TPSA) is 64.3 Å². The molecule has 0 radical (unpaired) electrons. The van der Waals surface area contributed by atoms with E-state index in [0.29, 0.717) is 13.2 Å². The molecule has 1 aromatic rings. The molecule has 2 N–H and O–H groups in total. The molecule has 2 rings (SSSR count). The zero-order valence-electron chi connectivity index (χ0n) is 9.44. The van der Waals surface area contributed by atoms with Crippen molar-refractivity contribution < 1.29 is 13.5 Å². The number of morpholine rings is 1. The highest BCUT2D eigenvalue weighted by molar-refractivity contribution is 5.41. The first-order valence-corrected chi connectivity index (χ1v) is 5.28. The van der Waals surface area contributed by atoms with E-state index in [1.165, 1.54) is 6.20 Å². The van der Waals surface area contributed by atoms with Crippen molar-refractivity contribution >= 4 is 5.69 Å². The standard InChI is InChI=1S/C10H14F2N4O/c1-16-2-3-17-7(5-16)10-14-4-6(13)8(15-10)9(11)12/h4,7,9H,2-3,5,13H2,1H3. The van der Waals surface area contributed by atoms with Crippen molar-refractivity contribution in [1.82, 2.24) is 14.9 Å². The number of aromatic nitrogens is 2. The molecule has 0 aliphatic carbocycles. The van der Waals surface area contributed by atoms with Gasteiger partial charge in [-0.1, -0.05) is 0 Å². The summed E-state index contributed by atoms with van der Waals surface area (Å²) in [6.07, 6.45) is -1.85. The minimum Gasteiger partial charge on any atom is -0.396 e. The number of rotatable bonds is 2. The van der Waals surface area contributed by atoms with Gasteiger partial charge < -0.3 is 15.4 Å². The third-order valence-corrected chi connectivity index (χ3v) is 2.63. The number of hydrogen-bond acceptors (Lipinski definition) is 5. The van der Waals surface area contributed by atoms with Crippen LogP contribution in [0.25, 0.3) is 0 Å². The fraction of sp³-hybridized carbons (Fsp3) is 0.600. The molecule has 94 valence electrons. The van der Waals surface area contributed by atoms with Crippen molar-refractivity contribution in [1.29, 1.82) is 0 Å². The van der Waals surface area contributed by atoms with E-state index in [1.807, 2.05) is 11.9 Å². The number of anilines is 1. The van der Waals surface area contributed by atoms with Crippen LogP contribution in [0, 0.1) is 0 Å². The monoisotopic (exact) mass is 244 g/mol.